The van der Waals surface area contributed by atoms with Crippen LogP contribution in [0.25, 0.3) is 0 Å². The molecule has 2 rings (SSSR count). The van der Waals surface area contributed by atoms with Crippen molar-refractivity contribution < 1.29 is 9.47 Å². The Morgan fingerprint density at radius 3 is 2.75 bits per heavy atom. The second-order valence-corrected chi connectivity index (χ2v) is 6.12. The van der Waals surface area contributed by atoms with E-state index >= 15 is 0 Å². The molecule has 0 aliphatic carbocycles. The van der Waals surface area contributed by atoms with Crippen LogP contribution in [0.2, 0.25) is 0 Å². The van der Waals surface area contributed by atoms with Crippen molar-refractivity contribution in [1.82, 2.24) is 5.32 Å². The zero-order valence-electron chi connectivity index (χ0n) is 12.5. The molecule has 0 amide bonds. The van der Waals surface area contributed by atoms with Gasteiger partial charge in [0.1, 0.15) is 0 Å². The standard InChI is InChI=1S/C16H25NO2S/c1-3-8-17-13(4-2)12-20-14-6-7-15-16(11-14)19-10-5-9-18-15/h6-7,11,13,17H,3-5,8-10,12H2,1-2H3. The van der Waals surface area contributed by atoms with E-state index in [1.807, 2.05) is 17.8 Å². The number of benzene rings is 1. The van der Waals surface area contributed by atoms with E-state index in [0.29, 0.717) is 6.04 Å². The summed E-state index contributed by atoms with van der Waals surface area (Å²) < 4.78 is 11.4. The molecule has 1 aliphatic rings. The molecule has 0 saturated heterocycles. The SMILES string of the molecule is CCCNC(CC)CSc1ccc2c(c1)OCCCO2. The number of fused-ring (bicyclic) bond motifs is 1. The highest BCUT2D eigenvalue weighted by Gasteiger charge is 2.12. The van der Waals surface area contributed by atoms with E-state index in [9.17, 15) is 0 Å². The summed E-state index contributed by atoms with van der Waals surface area (Å²) in [5.41, 5.74) is 0. The lowest BCUT2D eigenvalue weighted by molar-refractivity contribution is 0.297. The third kappa shape index (κ3) is 4.60. The van der Waals surface area contributed by atoms with Gasteiger partial charge in [0.2, 0.25) is 0 Å². The largest absolute Gasteiger partial charge is 0.490 e. The smallest absolute Gasteiger partial charge is 0.162 e. The maximum Gasteiger partial charge on any atom is 0.162 e. The number of rotatable bonds is 7. The van der Waals surface area contributed by atoms with Gasteiger partial charge >= 0.3 is 0 Å². The fourth-order valence-corrected chi connectivity index (χ4v) is 3.20. The van der Waals surface area contributed by atoms with Gasteiger partial charge in [-0.25, -0.2) is 0 Å². The normalized spacial score (nSPS) is 15.7. The van der Waals surface area contributed by atoms with Crippen LogP contribution in [0.15, 0.2) is 23.1 Å². The van der Waals surface area contributed by atoms with Gasteiger partial charge in [-0.3, -0.25) is 0 Å². The van der Waals surface area contributed by atoms with Crippen molar-refractivity contribution in [2.45, 2.75) is 44.0 Å². The van der Waals surface area contributed by atoms with E-state index in [1.54, 1.807) is 0 Å². The van der Waals surface area contributed by atoms with E-state index in [2.05, 4.69) is 31.3 Å². The molecule has 0 fully saturated rings. The molecule has 112 valence electrons. The number of hydrogen-bond acceptors (Lipinski definition) is 4. The average molecular weight is 295 g/mol. The Hall–Kier alpha value is -0.870. The van der Waals surface area contributed by atoms with Crippen LogP contribution in [-0.4, -0.2) is 31.6 Å². The van der Waals surface area contributed by atoms with Crippen LogP contribution < -0.4 is 14.8 Å². The van der Waals surface area contributed by atoms with Crippen molar-refractivity contribution in [2.75, 3.05) is 25.5 Å². The monoisotopic (exact) mass is 295 g/mol. The fraction of sp³-hybridized carbons (Fsp3) is 0.625. The van der Waals surface area contributed by atoms with Gasteiger partial charge in [-0.1, -0.05) is 13.8 Å². The van der Waals surface area contributed by atoms with Gasteiger partial charge in [0.05, 0.1) is 13.2 Å². The minimum absolute atomic E-state index is 0.580. The van der Waals surface area contributed by atoms with Gasteiger partial charge in [-0.15, -0.1) is 11.8 Å². The van der Waals surface area contributed by atoms with Crippen LogP contribution in [0.5, 0.6) is 11.5 Å². The van der Waals surface area contributed by atoms with Gasteiger partial charge < -0.3 is 14.8 Å². The molecule has 4 heteroatoms. The van der Waals surface area contributed by atoms with E-state index in [4.69, 9.17) is 9.47 Å². The maximum absolute atomic E-state index is 5.73. The summed E-state index contributed by atoms with van der Waals surface area (Å²) in [4.78, 5) is 1.26. The highest BCUT2D eigenvalue weighted by Crippen LogP contribution is 2.34. The Balaban J connectivity index is 1.91. The second-order valence-electron chi connectivity index (χ2n) is 5.03. The molecule has 1 heterocycles. The van der Waals surface area contributed by atoms with E-state index in [0.717, 1.165) is 49.9 Å². The minimum atomic E-state index is 0.580. The van der Waals surface area contributed by atoms with Crippen molar-refractivity contribution >= 4 is 11.8 Å². The van der Waals surface area contributed by atoms with Gasteiger partial charge in [-0.05, 0) is 37.6 Å². The second kappa shape index (κ2) is 8.42. The molecule has 1 N–H and O–H groups in total. The van der Waals surface area contributed by atoms with E-state index < -0.39 is 0 Å². The minimum Gasteiger partial charge on any atom is -0.490 e. The van der Waals surface area contributed by atoms with Crippen LogP contribution >= 0.6 is 11.8 Å². The van der Waals surface area contributed by atoms with Crippen molar-refractivity contribution in [2.24, 2.45) is 0 Å². The molecule has 1 aliphatic heterocycles. The molecule has 1 aromatic carbocycles. The first-order chi connectivity index (χ1) is 9.83. The first-order valence-corrected chi connectivity index (χ1v) is 8.57. The van der Waals surface area contributed by atoms with Gasteiger partial charge in [0, 0.05) is 23.1 Å². The third-order valence-corrected chi connectivity index (χ3v) is 4.50. The van der Waals surface area contributed by atoms with Gasteiger partial charge in [0.25, 0.3) is 0 Å². The molecule has 0 aromatic heterocycles. The van der Waals surface area contributed by atoms with Crippen LogP contribution in [0.3, 0.4) is 0 Å². The summed E-state index contributed by atoms with van der Waals surface area (Å²) >= 11 is 1.89. The molecular formula is C16H25NO2S. The highest BCUT2D eigenvalue weighted by atomic mass is 32.2. The predicted molar refractivity (Wildman–Crippen MR) is 85.1 cm³/mol. The molecule has 3 nitrogen and oxygen atoms in total. The molecule has 1 unspecified atom stereocenters. The van der Waals surface area contributed by atoms with Crippen LogP contribution in [0, 0.1) is 0 Å². The average Bonchev–Trinajstić information content (AvgIpc) is 2.72. The lowest BCUT2D eigenvalue weighted by Crippen LogP contribution is -2.31. The van der Waals surface area contributed by atoms with Crippen LogP contribution in [-0.2, 0) is 0 Å². The van der Waals surface area contributed by atoms with E-state index in [-0.39, 0.29) is 0 Å². The highest BCUT2D eigenvalue weighted by molar-refractivity contribution is 7.99. The quantitative estimate of drug-likeness (QED) is 0.777. The summed E-state index contributed by atoms with van der Waals surface area (Å²) in [7, 11) is 0. The Morgan fingerprint density at radius 1 is 1.20 bits per heavy atom. The summed E-state index contributed by atoms with van der Waals surface area (Å²) in [6, 6.07) is 6.85. The maximum atomic E-state index is 5.73. The lowest BCUT2D eigenvalue weighted by atomic mass is 10.2. The Labute approximate surface area is 126 Å². The van der Waals surface area contributed by atoms with Crippen molar-refractivity contribution in [3.05, 3.63) is 18.2 Å². The number of thioether (sulfide) groups is 1. The summed E-state index contributed by atoms with van der Waals surface area (Å²) in [6.45, 7) is 7.04. The summed E-state index contributed by atoms with van der Waals surface area (Å²) in [5.74, 6) is 2.86. The number of ether oxygens (including phenoxy) is 2. The van der Waals surface area contributed by atoms with E-state index in [1.165, 1.54) is 11.3 Å². The summed E-state index contributed by atoms with van der Waals surface area (Å²) in [5, 5.41) is 3.58. The first-order valence-electron chi connectivity index (χ1n) is 7.59. The Bertz CT molecular complexity index is 411. The molecule has 0 bridgehead atoms. The zero-order valence-corrected chi connectivity index (χ0v) is 13.3. The molecule has 1 aromatic rings. The van der Waals surface area contributed by atoms with Crippen molar-refractivity contribution in [3.63, 3.8) is 0 Å². The summed E-state index contributed by atoms with van der Waals surface area (Å²) in [6.07, 6.45) is 3.30. The first kappa shape index (κ1) is 15.5. The van der Waals surface area contributed by atoms with Crippen molar-refractivity contribution in [3.8, 4) is 11.5 Å². The Morgan fingerprint density at radius 2 is 2.00 bits per heavy atom. The molecule has 0 spiro atoms. The van der Waals surface area contributed by atoms with Crippen LogP contribution in [0.4, 0.5) is 0 Å². The fourth-order valence-electron chi connectivity index (χ4n) is 2.10. The number of nitrogens with one attached hydrogen (secondary N) is 1. The molecule has 0 saturated carbocycles. The molecule has 0 radical (unpaired) electrons. The van der Waals surface area contributed by atoms with Gasteiger partial charge in [0.15, 0.2) is 11.5 Å². The topological polar surface area (TPSA) is 30.5 Å². The predicted octanol–water partition coefficient (Wildman–Crippen LogP) is 3.72. The Kier molecular flexibility index (Phi) is 6.54. The van der Waals surface area contributed by atoms with Crippen LogP contribution in [0.1, 0.15) is 33.1 Å². The zero-order chi connectivity index (χ0) is 14.2. The van der Waals surface area contributed by atoms with Crippen molar-refractivity contribution in [1.29, 1.82) is 0 Å². The molecular weight excluding hydrogens is 270 g/mol. The molecule has 20 heavy (non-hydrogen) atoms. The lowest BCUT2D eigenvalue weighted by Gasteiger charge is -2.16. The molecule has 1 atom stereocenters. The number of hydrogen-bond donors (Lipinski definition) is 1. The third-order valence-electron chi connectivity index (χ3n) is 3.35. The van der Waals surface area contributed by atoms with Gasteiger partial charge in [-0.2, -0.15) is 0 Å².